The Balaban J connectivity index is 1.84. The lowest BCUT2D eigenvalue weighted by molar-refractivity contribution is -0.118. The summed E-state index contributed by atoms with van der Waals surface area (Å²) >= 11 is 2.68. The Labute approximate surface area is 133 Å². The maximum absolute atomic E-state index is 12.6. The number of amides is 1. The SMILES string of the molecule is O=C(C1=C(O)C(=O)N(c2nncs2)C1c1ccsc1)C1CC1. The fraction of sp³-hybridized carbons (Fsp3) is 0.286. The molecule has 8 heteroatoms. The minimum absolute atomic E-state index is 0.0690. The zero-order valence-corrected chi connectivity index (χ0v) is 12.9. The first kappa shape index (κ1) is 13.6. The topological polar surface area (TPSA) is 83.4 Å². The Bertz CT molecular complexity index is 763. The molecule has 1 amide bonds. The van der Waals surface area contributed by atoms with Crippen molar-refractivity contribution >= 4 is 39.5 Å². The molecule has 0 bridgehead atoms. The van der Waals surface area contributed by atoms with Gasteiger partial charge in [-0.25, -0.2) is 0 Å². The van der Waals surface area contributed by atoms with Crippen LogP contribution in [0.4, 0.5) is 5.13 Å². The molecule has 2 aromatic heterocycles. The standard InChI is InChI=1S/C14H11N3O3S2/c18-11(7-1-2-7)9-10(8-3-4-21-5-8)17(13(20)12(9)19)14-16-15-6-22-14/h3-7,10,19H,1-2H2. The number of ketones is 1. The van der Waals surface area contributed by atoms with Gasteiger partial charge in [0.2, 0.25) is 5.13 Å². The lowest BCUT2D eigenvalue weighted by Crippen LogP contribution is -2.30. The van der Waals surface area contributed by atoms with Crippen molar-refractivity contribution in [1.29, 1.82) is 0 Å². The summed E-state index contributed by atoms with van der Waals surface area (Å²) in [5.41, 5.74) is 2.52. The lowest BCUT2D eigenvalue weighted by Gasteiger charge is -2.22. The molecule has 0 radical (unpaired) electrons. The van der Waals surface area contributed by atoms with Crippen LogP contribution >= 0.6 is 22.7 Å². The highest BCUT2D eigenvalue weighted by molar-refractivity contribution is 7.13. The predicted molar refractivity (Wildman–Crippen MR) is 81.8 cm³/mol. The molecule has 0 aromatic carbocycles. The summed E-state index contributed by atoms with van der Waals surface area (Å²) < 4.78 is 0. The fourth-order valence-corrected chi connectivity index (χ4v) is 3.90. The molecule has 2 aliphatic rings. The van der Waals surface area contributed by atoms with Gasteiger partial charge in [0, 0.05) is 5.92 Å². The van der Waals surface area contributed by atoms with Crippen LogP contribution in [0.3, 0.4) is 0 Å². The van der Waals surface area contributed by atoms with Crippen molar-refractivity contribution in [3.8, 4) is 0 Å². The van der Waals surface area contributed by atoms with Crippen molar-refractivity contribution in [2.24, 2.45) is 5.92 Å². The van der Waals surface area contributed by atoms with Crippen LogP contribution in [0.5, 0.6) is 0 Å². The average Bonchev–Trinajstić information content (AvgIpc) is 2.91. The Hall–Kier alpha value is -2.06. The number of rotatable bonds is 4. The largest absolute Gasteiger partial charge is 0.503 e. The van der Waals surface area contributed by atoms with Crippen molar-refractivity contribution in [3.63, 3.8) is 0 Å². The number of carbonyl (C=O) groups is 2. The highest BCUT2D eigenvalue weighted by atomic mass is 32.1. The number of hydrogen-bond donors (Lipinski definition) is 1. The molecule has 4 rings (SSSR count). The first-order valence-corrected chi connectivity index (χ1v) is 8.60. The number of anilines is 1. The summed E-state index contributed by atoms with van der Waals surface area (Å²) in [6.45, 7) is 0. The van der Waals surface area contributed by atoms with Gasteiger partial charge in [-0.15, -0.1) is 10.2 Å². The maximum atomic E-state index is 12.6. The number of hydrogen-bond acceptors (Lipinski definition) is 7. The van der Waals surface area contributed by atoms with Gasteiger partial charge < -0.3 is 5.11 Å². The van der Waals surface area contributed by atoms with Gasteiger partial charge in [-0.05, 0) is 35.2 Å². The van der Waals surface area contributed by atoms with Gasteiger partial charge >= 0.3 is 0 Å². The van der Waals surface area contributed by atoms with Crippen LogP contribution in [-0.2, 0) is 9.59 Å². The van der Waals surface area contributed by atoms with E-state index in [0.29, 0.717) is 5.13 Å². The molecule has 0 saturated heterocycles. The van der Waals surface area contributed by atoms with Gasteiger partial charge in [0.1, 0.15) is 5.51 Å². The summed E-state index contributed by atoms with van der Waals surface area (Å²) in [7, 11) is 0. The minimum Gasteiger partial charge on any atom is -0.503 e. The van der Waals surface area contributed by atoms with Gasteiger partial charge in [-0.2, -0.15) is 11.3 Å². The zero-order valence-electron chi connectivity index (χ0n) is 11.3. The molecule has 1 N–H and O–H groups in total. The second kappa shape index (κ2) is 4.99. The molecule has 22 heavy (non-hydrogen) atoms. The van der Waals surface area contributed by atoms with Crippen LogP contribution < -0.4 is 4.90 Å². The van der Waals surface area contributed by atoms with Crippen molar-refractivity contribution in [3.05, 3.63) is 39.2 Å². The van der Waals surface area contributed by atoms with Crippen LogP contribution in [0, 0.1) is 5.92 Å². The second-order valence-corrected chi connectivity index (χ2v) is 6.85. The molecule has 1 aliphatic heterocycles. The van der Waals surface area contributed by atoms with Crippen LogP contribution in [0.15, 0.2) is 33.7 Å². The quantitative estimate of drug-likeness (QED) is 0.929. The van der Waals surface area contributed by atoms with E-state index >= 15 is 0 Å². The summed E-state index contributed by atoms with van der Waals surface area (Å²) in [4.78, 5) is 26.4. The third kappa shape index (κ3) is 1.98. The number of carbonyl (C=O) groups excluding carboxylic acids is 2. The van der Waals surface area contributed by atoms with Crippen LogP contribution in [-0.4, -0.2) is 27.0 Å². The Morgan fingerprint density at radius 3 is 2.82 bits per heavy atom. The highest BCUT2D eigenvalue weighted by Crippen LogP contribution is 2.45. The molecule has 0 spiro atoms. The smallest absolute Gasteiger partial charge is 0.296 e. The Morgan fingerprint density at radius 2 is 2.23 bits per heavy atom. The molecule has 1 aliphatic carbocycles. The lowest BCUT2D eigenvalue weighted by atomic mass is 9.96. The Morgan fingerprint density at radius 1 is 1.41 bits per heavy atom. The molecule has 1 saturated carbocycles. The highest BCUT2D eigenvalue weighted by Gasteiger charge is 2.48. The molecular weight excluding hydrogens is 322 g/mol. The number of aromatic nitrogens is 2. The van der Waals surface area contributed by atoms with Crippen molar-refractivity contribution in [2.75, 3.05) is 4.90 Å². The number of aliphatic hydroxyl groups excluding tert-OH is 1. The predicted octanol–water partition coefficient (Wildman–Crippen LogP) is 2.48. The third-order valence-electron chi connectivity index (χ3n) is 3.84. The van der Waals surface area contributed by atoms with E-state index in [1.165, 1.54) is 33.1 Å². The molecule has 1 fully saturated rings. The molecule has 2 aromatic rings. The average molecular weight is 333 g/mol. The number of aliphatic hydroxyl groups is 1. The van der Waals surface area contributed by atoms with Crippen molar-refractivity contribution in [1.82, 2.24) is 10.2 Å². The van der Waals surface area contributed by atoms with E-state index in [0.717, 1.165) is 18.4 Å². The number of Topliss-reactive ketones (excluding diaryl/α,β-unsaturated/α-hetero) is 1. The minimum atomic E-state index is -0.611. The second-order valence-electron chi connectivity index (χ2n) is 5.26. The summed E-state index contributed by atoms with van der Waals surface area (Å²) in [5, 5.41) is 22.1. The van der Waals surface area contributed by atoms with Gasteiger partial charge in [-0.3, -0.25) is 14.5 Å². The van der Waals surface area contributed by atoms with Gasteiger partial charge in [0.05, 0.1) is 11.6 Å². The molecule has 6 nitrogen and oxygen atoms in total. The van der Waals surface area contributed by atoms with Gasteiger partial charge in [-0.1, -0.05) is 11.3 Å². The molecular formula is C14H11N3O3S2. The summed E-state index contributed by atoms with van der Waals surface area (Å²) in [6.07, 6.45) is 1.64. The molecule has 1 atom stereocenters. The van der Waals surface area contributed by atoms with E-state index in [9.17, 15) is 14.7 Å². The van der Waals surface area contributed by atoms with Gasteiger partial charge in [0.15, 0.2) is 11.5 Å². The first-order chi connectivity index (χ1) is 10.7. The first-order valence-electron chi connectivity index (χ1n) is 6.77. The van der Waals surface area contributed by atoms with E-state index in [1.807, 2.05) is 16.8 Å². The zero-order chi connectivity index (χ0) is 15.3. The van der Waals surface area contributed by atoms with Crippen LogP contribution in [0.2, 0.25) is 0 Å². The van der Waals surface area contributed by atoms with Crippen molar-refractivity contribution in [2.45, 2.75) is 18.9 Å². The van der Waals surface area contributed by atoms with E-state index in [4.69, 9.17) is 0 Å². The normalized spacial score (nSPS) is 21.7. The maximum Gasteiger partial charge on any atom is 0.296 e. The fourth-order valence-electron chi connectivity index (χ4n) is 2.64. The van der Waals surface area contributed by atoms with E-state index in [1.54, 1.807) is 0 Å². The summed E-state index contributed by atoms with van der Waals surface area (Å²) in [5.74, 6) is -1.24. The van der Waals surface area contributed by atoms with Crippen LogP contribution in [0.25, 0.3) is 0 Å². The number of nitrogens with zero attached hydrogens (tertiary/aromatic N) is 3. The van der Waals surface area contributed by atoms with E-state index < -0.39 is 17.7 Å². The van der Waals surface area contributed by atoms with E-state index in [-0.39, 0.29) is 17.3 Å². The van der Waals surface area contributed by atoms with Crippen molar-refractivity contribution < 1.29 is 14.7 Å². The third-order valence-corrected chi connectivity index (χ3v) is 5.23. The van der Waals surface area contributed by atoms with Gasteiger partial charge in [0.25, 0.3) is 5.91 Å². The van der Waals surface area contributed by atoms with Crippen LogP contribution in [0.1, 0.15) is 24.4 Å². The van der Waals surface area contributed by atoms with E-state index in [2.05, 4.69) is 10.2 Å². The molecule has 112 valence electrons. The molecule has 3 heterocycles. The number of thiophene rings is 1. The summed E-state index contributed by atoms with van der Waals surface area (Å²) in [6, 6.07) is 1.25. The Kier molecular flexibility index (Phi) is 3.08. The molecule has 1 unspecified atom stereocenters. The monoisotopic (exact) mass is 333 g/mol.